The molecule has 0 bridgehead atoms. The largest absolute Gasteiger partial charge is 0.479 e. The molecule has 1 N–H and O–H groups in total. The Hall–Kier alpha value is -2.73. The first-order valence-corrected chi connectivity index (χ1v) is 8.19. The molecule has 3 rings (SSSR count). The zero-order valence-electron chi connectivity index (χ0n) is 13.0. The smallest absolute Gasteiger partial charge is 0.341 e. The molecular formula is C18H16N2O3S. The van der Waals surface area contributed by atoms with E-state index in [0.29, 0.717) is 5.88 Å². The molecule has 0 atom stereocenters. The van der Waals surface area contributed by atoms with Crippen LogP contribution in [0.25, 0.3) is 5.69 Å². The van der Waals surface area contributed by atoms with E-state index < -0.39 is 12.6 Å². The molecule has 2 aromatic carbocycles. The second-order valence-corrected chi connectivity index (χ2v) is 6.15. The van der Waals surface area contributed by atoms with Gasteiger partial charge in [-0.3, -0.25) is 0 Å². The van der Waals surface area contributed by atoms with Crippen LogP contribution < -0.4 is 4.74 Å². The maximum Gasteiger partial charge on any atom is 0.341 e. The minimum atomic E-state index is -1.02. The molecule has 3 aromatic rings. The van der Waals surface area contributed by atoms with E-state index >= 15 is 0 Å². The lowest BCUT2D eigenvalue weighted by Gasteiger charge is -2.10. The van der Waals surface area contributed by atoms with E-state index in [0.717, 1.165) is 21.2 Å². The number of aryl methyl sites for hydroxylation is 1. The van der Waals surface area contributed by atoms with Gasteiger partial charge in [0.05, 0.1) is 16.3 Å². The van der Waals surface area contributed by atoms with Gasteiger partial charge in [0.15, 0.2) is 6.61 Å². The highest BCUT2D eigenvalue weighted by Gasteiger charge is 2.20. The molecule has 122 valence electrons. The highest BCUT2D eigenvalue weighted by atomic mass is 32.2. The SMILES string of the molecule is Cc1nn(-c2ccccc2)c(OCC(=O)O)c1Sc1ccccc1. The molecule has 24 heavy (non-hydrogen) atoms. The first-order chi connectivity index (χ1) is 11.6. The Morgan fingerprint density at radius 2 is 1.75 bits per heavy atom. The standard InChI is InChI=1S/C18H16N2O3S/c1-13-17(24-15-10-6-3-7-11-15)18(23-12-16(21)22)20(19-13)14-8-4-2-5-9-14/h2-11H,12H2,1H3,(H,21,22). The molecule has 0 saturated carbocycles. The fourth-order valence-electron chi connectivity index (χ4n) is 2.22. The van der Waals surface area contributed by atoms with Gasteiger partial charge in [0, 0.05) is 4.90 Å². The maximum atomic E-state index is 10.9. The second kappa shape index (κ2) is 7.23. The number of aliphatic carboxylic acids is 1. The summed E-state index contributed by atoms with van der Waals surface area (Å²) in [6.07, 6.45) is 0. The van der Waals surface area contributed by atoms with Gasteiger partial charge in [-0.2, -0.15) is 9.78 Å². The van der Waals surface area contributed by atoms with Crippen molar-refractivity contribution in [2.24, 2.45) is 0 Å². The number of carboxylic acid groups (broad SMARTS) is 1. The minimum Gasteiger partial charge on any atom is -0.479 e. The Kier molecular flexibility index (Phi) is 4.86. The van der Waals surface area contributed by atoms with Crippen LogP contribution in [-0.2, 0) is 4.79 Å². The van der Waals surface area contributed by atoms with Gasteiger partial charge in [-0.05, 0) is 31.2 Å². The van der Waals surface area contributed by atoms with Crippen molar-refractivity contribution in [2.75, 3.05) is 6.61 Å². The Morgan fingerprint density at radius 3 is 2.38 bits per heavy atom. The summed E-state index contributed by atoms with van der Waals surface area (Å²) in [5.74, 6) is -0.584. The van der Waals surface area contributed by atoms with Gasteiger partial charge >= 0.3 is 5.97 Å². The zero-order valence-corrected chi connectivity index (χ0v) is 13.9. The number of rotatable bonds is 6. The average Bonchev–Trinajstić information content (AvgIpc) is 2.91. The third-order valence-electron chi connectivity index (χ3n) is 3.26. The van der Waals surface area contributed by atoms with Crippen LogP contribution in [0.2, 0.25) is 0 Å². The number of hydrogen-bond acceptors (Lipinski definition) is 4. The molecular weight excluding hydrogens is 324 g/mol. The van der Waals surface area contributed by atoms with Crippen molar-refractivity contribution < 1.29 is 14.6 Å². The molecule has 0 aliphatic carbocycles. The Labute approximate surface area is 143 Å². The number of nitrogens with zero attached hydrogens (tertiary/aromatic N) is 2. The van der Waals surface area contributed by atoms with Crippen molar-refractivity contribution in [2.45, 2.75) is 16.7 Å². The first kappa shape index (κ1) is 16.1. The number of aromatic nitrogens is 2. The lowest BCUT2D eigenvalue weighted by Crippen LogP contribution is -2.12. The topological polar surface area (TPSA) is 64.4 Å². The van der Waals surface area contributed by atoms with E-state index in [9.17, 15) is 4.79 Å². The van der Waals surface area contributed by atoms with Crippen LogP contribution in [0.3, 0.4) is 0 Å². The van der Waals surface area contributed by atoms with E-state index in [4.69, 9.17) is 9.84 Å². The molecule has 0 spiro atoms. The predicted octanol–water partition coefficient (Wildman–Crippen LogP) is 3.80. The number of carboxylic acids is 1. The first-order valence-electron chi connectivity index (χ1n) is 7.37. The molecule has 0 saturated heterocycles. The lowest BCUT2D eigenvalue weighted by atomic mass is 10.3. The summed E-state index contributed by atoms with van der Waals surface area (Å²) in [7, 11) is 0. The van der Waals surface area contributed by atoms with Crippen molar-refractivity contribution in [3.63, 3.8) is 0 Å². The van der Waals surface area contributed by atoms with Crippen LogP contribution in [0.4, 0.5) is 0 Å². The van der Waals surface area contributed by atoms with Crippen molar-refractivity contribution in [3.8, 4) is 11.6 Å². The number of hydrogen-bond donors (Lipinski definition) is 1. The average molecular weight is 340 g/mol. The quantitative estimate of drug-likeness (QED) is 0.739. The van der Waals surface area contributed by atoms with Crippen molar-refractivity contribution in [3.05, 3.63) is 66.4 Å². The van der Waals surface area contributed by atoms with Gasteiger partial charge in [-0.1, -0.05) is 48.2 Å². The molecule has 0 unspecified atom stereocenters. The summed E-state index contributed by atoms with van der Waals surface area (Å²) in [5.41, 5.74) is 1.61. The third kappa shape index (κ3) is 3.60. The number of para-hydroxylation sites is 1. The van der Waals surface area contributed by atoms with Gasteiger partial charge < -0.3 is 9.84 Å². The zero-order chi connectivity index (χ0) is 16.9. The summed E-state index contributed by atoms with van der Waals surface area (Å²) in [6.45, 7) is 1.47. The fraction of sp³-hybridized carbons (Fsp3) is 0.111. The molecule has 0 fully saturated rings. The molecule has 0 aliphatic rings. The molecule has 0 radical (unpaired) electrons. The number of benzene rings is 2. The van der Waals surface area contributed by atoms with Gasteiger partial charge in [-0.25, -0.2) is 4.79 Å². The van der Waals surface area contributed by atoms with E-state index in [-0.39, 0.29) is 0 Å². The highest BCUT2D eigenvalue weighted by molar-refractivity contribution is 7.99. The molecule has 0 aliphatic heterocycles. The molecule has 1 aromatic heterocycles. The third-order valence-corrected chi connectivity index (χ3v) is 4.44. The Balaban J connectivity index is 2.03. The van der Waals surface area contributed by atoms with Crippen molar-refractivity contribution in [1.29, 1.82) is 0 Å². The van der Waals surface area contributed by atoms with Gasteiger partial charge in [0.2, 0.25) is 5.88 Å². The van der Waals surface area contributed by atoms with E-state index in [1.165, 1.54) is 11.8 Å². The van der Waals surface area contributed by atoms with Gasteiger partial charge in [0.25, 0.3) is 0 Å². The van der Waals surface area contributed by atoms with Crippen LogP contribution in [0.5, 0.6) is 5.88 Å². The summed E-state index contributed by atoms with van der Waals surface area (Å²) in [5, 5.41) is 13.5. The van der Waals surface area contributed by atoms with Crippen LogP contribution in [-0.4, -0.2) is 27.5 Å². The van der Waals surface area contributed by atoms with E-state index in [2.05, 4.69) is 5.10 Å². The summed E-state index contributed by atoms with van der Waals surface area (Å²) < 4.78 is 7.20. The van der Waals surface area contributed by atoms with Crippen molar-refractivity contribution >= 4 is 17.7 Å². The second-order valence-electron chi connectivity index (χ2n) is 5.06. The van der Waals surface area contributed by atoms with E-state index in [1.54, 1.807) is 4.68 Å². The predicted molar refractivity (Wildman–Crippen MR) is 92.0 cm³/mol. The molecule has 1 heterocycles. The monoisotopic (exact) mass is 340 g/mol. The molecule has 6 heteroatoms. The Morgan fingerprint density at radius 1 is 1.12 bits per heavy atom. The van der Waals surface area contributed by atoms with Crippen molar-refractivity contribution in [1.82, 2.24) is 9.78 Å². The molecule has 0 amide bonds. The number of carbonyl (C=O) groups is 1. The lowest BCUT2D eigenvalue weighted by molar-refractivity contribution is -0.139. The fourth-order valence-corrected chi connectivity index (χ4v) is 3.17. The summed E-state index contributed by atoms with van der Waals surface area (Å²) in [6, 6.07) is 19.4. The van der Waals surface area contributed by atoms with Crippen LogP contribution in [0.1, 0.15) is 5.69 Å². The van der Waals surface area contributed by atoms with Crippen LogP contribution in [0.15, 0.2) is 70.5 Å². The summed E-state index contributed by atoms with van der Waals surface area (Å²) in [4.78, 5) is 12.8. The van der Waals surface area contributed by atoms with Crippen LogP contribution in [0, 0.1) is 6.92 Å². The number of ether oxygens (including phenoxy) is 1. The summed E-state index contributed by atoms with van der Waals surface area (Å²) >= 11 is 1.51. The van der Waals surface area contributed by atoms with Gasteiger partial charge in [-0.15, -0.1) is 0 Å². The van der Waals surface area contributed by atoms with E-state index in [1.807, 2.05) is 67.6 Å². The minimum absolute atomic E-state index is 0.416. The maximum absolute atomic E-state index is 10.9. The normalized spacial score (nSPS) is 10.5. The van der Waals surface area contributed by atoms with Gasteiger partial charge in [0.1, 0.15) is 0 Å². The van der Waals surface area contributed by atoms with Crippen LogP contribution >= 0.6 is 11.8 Å². The Bertz CT molecular complexity index is 832. The highest BCUT2D eigenvalue weighted by Crippen LogP contribution is 2.38. The molecule has 5 nitrogen and oxygen atoms in total.